The first-order chi connectivity index (χ1) is 22.8. The van der Waals surface area contributed by atoms with Crippen molar-refractivity contribution in [1.29, 1.82) is 0 Å². The average Bonchev–Trinajstić information content (AvgIpc) is 3.01. The SMILES string of the molecule is C.C.Cc1cccc(C)c1OP(=O)(Oc1cccc(OP(=O)(Oc2c(C)cccc2C)Oc2c(C)cccc2C)c1)Oc1c(C)cccc1C. The van der Waals surface area contributed by atoms with Crippen LogP contribution >= 0.6 is 15.6 Å². The molecule has 0 heterocycles. The summed E-state index contributed by atoms with van der Waals surface area (Å²) in [6, 6.07) is 28.5. The molecule has 0 saturated heterocycles. The van der Waals surface area contributed by atoms with E-state index in [9.17, 15) is 9.13 Å². The molecule has 5 aromatic rings. The molecular weight excluding hydrogens is 670 g/mol. The normalized spacial score (nSPS) is 11.0. The molecular formula is C40H48O8P2. The summed E-state index contributed by atoms with van der Waals surface area (Å²) in [7, 11) is -8.77. The highest BCUT2D eigenvalue weighted by Crippen LogP contribution is 2.55. The molecule has 266 valence electrons. The van der Waals surface area contributed by atoms with E-state index >= 15 is 0 Å². The van der Waals surface area contributed by atoms with E-state index in [0.29, 0.717) is 23.0 Å². The van der Waals surface area contributed by atoms with E-state index in [2.05, 4.69) is 0 Å². The predicted octanol–water partition coefficient (Wildman–Crippen LogP) is 12.7. The van der Waals surface area contributed by atoms with Crippen LogP contribution in [-0.2, 0) is 9.13 Å². The van der Waals surface area contributed by atoms with Gasteiger partial charge in [0, 0.05) is 6.07 Å². The largest absolute Gasteiger partial charge is 0.647 e. The van der Waals surface area contributed by atoms with Gasteiger partial charge in [-0.1, -0.05) is 93.7 Å². The minimum absolute atomic E-state index is 0. The first-order valence-electron chi connectivity index (χ1n) is 15.5. The van der Waals surface area contributed by atoms with Gasteiger partial charge in [0.05, 0.1) is 0 Å². The lowest BCUT2D eigenvalue weighted by atomic mass is 10.1. The average molecular weight is 719 g/mol. The third kappa shape index (κ3) is 9.32. The lowest BCUT2D eigenvalue weighted by molar-refractivity contribution is 0.292. The van der Waals surface area contributed by atoms with Crippen molar-refractivity contribution in [2.24, 2.45) is 0 Å². The second-order valence-electron chi connectivity index (χ2n) is 11.8. The number of phosphoric acid groups is 2. The van der Waals surface area contributed by atoms with Crippen molar-refractivity contribution in [2.45, 2.75) is 70.2 Å². The smallest absolute Gasteiger partial charge is 0.386 e. The van der Waals surface area contributed by atoms with Crippen LogP contribution in [0.25, 0.3) is 0 Å². The van der Waals surface area contributed by atoms with Gasteiger partial charge >= 0.3 is 15.6 Å². The van der Waals surface area contributed by atoms with E-state index in [1.54, 1.807) is 18.2 Å². The zero-order valence-electron chi connectivity index (χ0n) is 28.4. The molecule has 5 rings (SSSR count). The highest BCUT2D eigenvalue weighted by molar-refractivity contribution is 7.50. The molecule has 0 radical (unpaired) electrons. The lowest BCUT2D eigenvalue weighted by Gasteiger charge is -2.24. The quantitative estimate of drug-likeness (QED) is 0.118. The standard InChI is InChI=1S/C38H40O8P2.2CH4/c1-25-14-9-15-26(2)35(25)43-47(39,44-36-27(3)16-10-17-28(36)4)41-33-22-13-23-34(24-33)42-48(40,45-37-29(5)18-11-19-30(37)6)46-38-31(7)20-12-21-32(38)8;;/h9-24H,1-8H3;2*1H4. The number of benzene rings is 5. The summed E-state index contributed by atoms with van der Waals surface area (Å²) in [4.78, 5) is 0. The third-order valence-corrected chi connectivity index (χ3v) is 10.2. The van der Waals surface area contributed by atoms with Gasteiger partial charge in [-0.2, -0.15) is 9.13 Å². The van der Waals surface area contributed by atoms with Crippen LogP contribution in [0.5, 0.6) is 34.5 Å². The Hall–Kier alpha value is -4.64. The summed E-state index contributed by atoms with van der Waals surface area (Å²) in [5.74, 6) is 1.69. The number of hydrogen-bond acceptors (Lipinski definition) is 8. The van der Waals surface area contributed by atoms with E-state index in [-0.39, 0.29) is 26.4 Å². The Balaban J connectivity index is 0.00000338. The van der Waals surface area contributed by atoms with Crippen molar-refractivity contribution in [1.82, 2.24) is 0 Å². The van der Waals surface area contributed by atoms with Crippen molar-refractivity contribution in [3.05, 3.63) is 142 Å². The fourth-order valence-electron chi connectivity index (χ4n) is 5.18. The van der Waals surface area contributed by atoms with Crippen LogP contribution in [0.1, 0.15) is 59.4 Å². The number of para-hydroxylation sites is 4. The Labute approximate surface area is 297 Å². The van der Waals surface area contributed by atoms with Crippen molar-refractivity contribution < 1.29 is 36.3 Å². The Bertz CT molecular complexity index is 1720. The number of rotatable bonds is 12. The molecule has 0 amide bonds. The monoisotopic (exact) mass is 718 g/mol. The maximum atomic E-state index is 14.5. The Morgan fingerprint density at radius 1 is 0.340 bits per heavy atom. The van der Waals surface area contributed by atoms with Crippen LogP contribution in [0.15, 0.2) is 97.1 Å². The molecule has 0 aliphatic heterocycles. The van der Waals surface area contributed by atoms with Crippen molar-refractivity contribution in [2.75, 3.05) is 0 Å². The third-order valence-electron chi connectivity index (χ3n) is 7.69. The van der Waals surface area contributed by atoms with Crippen molar-refractivity contribution >= 4 is 15.6 Å². The van der Waals surface area contributed by atoms with Crippen LogP contribution in [0, 0.1) is 55.4 Å². The molecule has 5 aromatic carbocycles. The van der Waals surface area contributed by atoms with E-state index in [0.717, 1.165) is 44.5 Å². The molecule has 50 heavy (non-hydrogen) atoms. The maximum Gasteiger partial charge on any atom is 0.647 e. The van der Waals surface area contributed by atoms with Gasteiger partial charge in [0.15, 0.2) is 0 Å². The van der Waals surface area contributed by atoms with Crippen LogP contribution in [0.4, 0.5) is 0 Å². The maximum absolute atomic E-state index is 14.5. The van der Waals surface area contributed by atoms with Crippen LogP contribution in [0.3, 0.4) is 0 Å². The molecule has 0 N–H and O–H groups in total. The summed E-state index contributed by atoms with van der Waals surface area (Å²) in [5.41, 5.74) is 6.07. The first-order valence-corrected chi connectivity index (χ1v) is 18.4. The molecule has 0 aromatic heterocycles. The highest BCUT2D eigenvalue weighted by atomic mass is 31.2. The van der Waals surface area contributed by atoms with Gasteiger partial charge in [-0.3, -0.25) is 0 Å². The fourth-order valence-corrected chi connectivity index (χ4v) is 8.19. The lowest BCUT2D eigenvalue weighted by Crippen LogP contribution is -2.11. The molecule has 0 aliphatic rings. The van der Waals surface area contributed by atoms with Gasteiger partial charge in [0.1, 0.15) is 34.5 Å². The van der Waals surface area contributed by atoms with Gasteiger partial charge in [-0.25, -0.2) is 0 Å². The van der Waals surface area contributed by atoms with Crippen molar-refractivity contribution in [3.63, 3.8) is 0 Å². The Morgan fingerprint density at radius 2 is 0.540 bits per heavy atom. The number of aryl methyl sites for hydroxylation is 8. The van der Waals surface area contributed by atoms with Gasteiger partial charge in [-0.15, -0.1) is 0 Å². The summed E-state index contributed by atoms with van der Waals surface area (Å²) in [6.45, 7) is 14.8. The van der Waals surface area contributed by atoms with Gasteiger partial charge in [0.25, 0.3) is 0 Å². The second-order valence-corrected chi connectivity index (χ2v) is 14.7. The molecule has 0 spiro atoms. The molecule has 0 bridgehead atoms. The molecule has 8 nitrogen and oxygen atoms in total. The minimum atomic E-state index is -4.39. The van der Waals surface area contributed by atoms with E-state index in [1.165, 1.54) is 6.07 Å². The van der Waals surface area contributed by atoms with Crippen molar-refractivity contribution in [3.8, 4) is 34.5 Å². The Kier molecular flexibility index (Phi) is 13.0. The molecule has 0 saturated carbocycles. The summed E-state index contributed by atoms with van der Waals surface area (Å²) >= 11 is 0. The van der Waals surface area contributed by atoms with Gasteiger partial charge < -0.3 is 27.1 Å². The number of hydrogen-bond donors (Lipinski definition) is 0. The predicted molar refractivity (Wildman–Crippen MR) is 203 cm³/mol. The summed E-state index contributed by atoms with van der Waals surface area (Å²) in [6.07, 6.45) is 0. The first kappa shape index (κ1) is 39.8. The van der Waals surface area contributed by atoms with Gasteiger partial charge in [-0.05, 0) is 112 Å². The van der Waals surface area contributed by atoms with Gasteiger partial charge in [0.2, 0.25) is 0 Å². The summed E-state index contributed by atoms with van der Waals surface area (Å²) < 4.78 is 65.6. The van der Waals surface area contributed by atoms with E-state index < -0.39 is 15.6 Å². The minimum Gasteiger partial charge on any atom is -0.386 e. The fraction of sp³-hybridized carbons (Fsp3) is 0.250. The van der Waals surface area contributed by atoms with E-state index in [4.69, 9.17) is 27.1 Å². The molecule has 0 unspecified atom stereocenters. The molecule has 0 aliphatic carbocycles. The second kappa shape index (κ2) is 16.4. The molecule has 0 atom stereocenters. The highest BCUT2D eigenvalue weighted by Gasteiger charge is 2.38. The zero-order valence-corrected chi connectivity index (χ0v) is 30.2. The number of phosphoric ester groups is 2. The van der Waals surface area contributed by atoms with Crippen LogP contribution < -0.4 is 27.1 Å². The topological polar surface area (TPSA) is 89.5 Å². The molecule has 10 heteroatoms. The van der Waals surface area contributed by atoms with Crippen LogP contribution in [-0.4, -0.2) is 0 Å². The summed E-state index contributed by atoms with van der Waals surface area (Å²) in [5, 5.41) is 0. The zero-order chi connectivity index (χ0) is 34.6. The van der Waals surface area contributed by atoms with Crippen LogP contribution in [0.2, 0.25) is 0 Å². The Morgan fingerprint density at radius 3 is 0.760 bits per heavy atom. The molecule has 0 fully saturated rings. The van der Waals surface area contributed by atoms with E-state index in [1.807, 2.05) is 128 Å².